The minimum atomic E-state index is -0.963. The van der Waals surface area contributed by atoms with Gasteiger partial charge < -0.3 is 10.5 Å². The zero-order valence-corrected chi connectivity index (χ0v) is 16.5. The number of aromatic nitrogens is 2. The number of carbonyl (C=O) groups is 1. The molecule has 140 valence electrons. The lowest BCUT2D eigenvalue weighted by atomic mass is 9.54. The lowest BCUT2D eigenvalue weighted by Gasteiger charge is -2.57. The Morgan fingerprint density at radius 2 is 2.04 bits per heavy atom. The molecule has 1 amide bonds. The van der Waals surface area contributed by atoms with E-state index in [1.807, 2.05) is 20.8 Å². The van der Waals surface area contributed by atoms with Crippen molar-refractivity contribution in [3.8, 4) is 0 Å². The molecular weight excluding hydrogens is 348 g/mol. The maximum atomic E-state index is 12.7. The average Bonchev–Trinajstić information content (AvgIpc) is 3.03. The summed E-state index contributed by atoms with van der Waals surface area (Å²) in [6.07, 6.45) is 1.20. The van der Waals surface area contributed by atoms with Crippen LogP contribution in [0.15, 0.2) is 24.3 Å². The fraction of sp³-hybridized carbons (Fsp3) is 0.526. The van der Waals surface area contributed by atoms with E-state index in [2.05, 4.69) is 46.7 Å². The maximum absolute atomic E-state index is 12.7. The smallest absolute Gasteiger partial charge is 0.247 e. The fourth-order valence-electron chi connectivity index (χ4n) is 3.29. The van der Waals surface area contributed by atoms with E-state index in [-0.39, 0.29) is 12.0 Å². The number of hydrogen-bond donors (Lipinski definition) is 2. The topological polar surface area (TPSA) is 90.1 Å². The van der Waals surface area contributed by atoms with Crippen molar-refractivity contribution >= 4 is 22.4 Å². The molecule has 6 nitrogen and oxygen atoms in total. The summed E-state index contributed by atoms with van der Waals surface area (Å²) in [7, 11) is 0. The number of ether oxygens (including phenoxy) is 1. The third-order valence-corrected chi connectivity index (χ3v) is 6.24. The average molecular weight is 375 g/mol. The van der Waals surface area contributed by atoms with E-state index in [4.69, 9.17) is 10.5 Å². The summed E-state index contributed by atoms with van der Waals surface area (Å²) in [4.78, 5) is 12.7. The molecule has 0 radical (unpaired) electrons. The molecule has 2 unspecified atom stereocenters. The number of amides is 1. The molecule has 26 heavy (non-hydrogen) atoms. The van der Waals surface area contributed by atoms with Gasteiger partial charge in [0, 0.05) is 24.9 Å². The molecule has 1 heterocycles. The van der Waals surface area contributed by atoms with Crippen LogP contribution in [0.2, 0.25) is 0 Å². The van der Waals surface area contributed by atoms with Crippen LogP contribution in [0, 0.1) is 12.3 Å². The first-order valence-corrected chi connectivity index (χ1v) is 9.68. The van der Waals surface area contributed by atoms with Crippen LogP contribution in [0.4, 0.5) is 5.13 Å². The van der Waals surface area contributed by atoms with E-state index in [1.54, 1.807) is 0 Å². The summed E-state index contributed by atoms with van der Waals surface area (Å²) in [6.45, 7) is 8.57. The van der Waals surface area contributed by atoms with Gasteiger partial charge in [0.15, 0.2) is 0 Å². The van der Waals surface area contributed by atoms with E-state index in [0.717, 1.165) is 5.01 Å². The highest BCUT2D eigenvalue weighted by atomic mass is 32.1. The van der Waals surface area contributed by atoms with E-state index >= 15 is 0 Å². The van der Waals surface area contributed by atoms with Crippen LogP contribution in [0.5, 0.6) is 0 Å². The van der Waals surface area contributed by atoms with Crippen LogP contribution in [0.25, 0.3) is 0 Å². The van der Waals surface area contributed by atoms with Crippen LogP contribution in [0.1, 0.15) is 43.3 Å². The molecule has 1 aliphatic carbocycles. The largest absolute Gasteiger partial charge is 0.378 e. The monoisotopic (exact) mass is 374 g/mol. The van der Waals surface area contributed by atoms with Gasteiger partial charge in [0.2, 0.25) is 11.0 Å². The second-order valence-corrected chi connectivity index (χ2v) is 8.52. The molecule has 2 atom stereocenters. The number of aryl methyl sites for hydroxylation is 1. The number of hydrogen-bond acceptors (Lipinski definition) is 6. The van der Waals surface area contributed by atoms with Gasteiger partial charge >= 0.3 is 0 Å². The minimum Gasteiger partial charge on any atom is -0.378 e. The summed E-state index contributed by atoms with van der Waals surface area (Å²) < 4.78 is 5.68. The molecular formula is C19H26N4O2S. The Hall–Kier alpha value is -1.83. The highest BCUT2D eigenvalue weighted by Crippen LogP contribution is 2.50. The highest BCUT2D eigenvalue weighted by Gasteiger charge is 2.63. The van der Waals surface area contributed by atoms with Crippen LogP contribution < -0.4 is 11.1 Å². The first-order chi connectivity index (χ1) is 12.3. The van der Waals surface area contributed by atoms with Gasteiger partial charge in [-0.15, -0.1) is 10.2 Å². The molecule has 3 rings (SSSR count). The van der Waals surface area contributed by atoms with Crippen LogP contribution in [-0.4, -0.2) is 34.4 Å². The van der Waals surface area contributed by atoms with Crippen molar-refractivity contribution < 1.29 is 9.53 Å². The number of nitrogens with two attached hydrogens (primary N) is 1. The molecule has 2 aromatic rings. The summed E-state index contributed by atoms with van der Waals surface area (Å²) in [5, 5.41) is 12.5. The lowest BCUT2D eigenvalue weighted by molar-refractivity contribution is -0.166. The predicted molar refractivity (Wildman–Crippen MR) is 103 cm³/mol. The summed E-state index contributed by atoms with van der Waals surface area (Å²) in [5.41, 5.74) is 7.40. The fourth-order valence-corrected chi connectivity index (χ4v) is 4.05. The molecule has 1 fully saturated rings. The van der Waals surface area contributed by atoms with Gasteiger partial charge in [0.05, 0.1) is 6.10 Å². The normalized spacial score (nSPS) is 24.1. The lowest BCUT2D eigenvalue weighted by Crippen LogP contribution is -2.74. The number of carbonyl (C=O) groups excluding carboxylic acids is 1. The van der Waals surface area contributed by atoms with Crippen molar-refractivity contribution in [3.05, 3.63) is 40.4 Å². The molecule has 7 heteroatoms. The Morgan fingerprint density at radius 3 is 2.65 bits per heavy atom. The van der Waals surface area contributed by atoms with Gasteiger partial charge in [-0.3, -0.25) is 10.1 Å². The first kappa shape index (κ1) is 18.9. The molecule has 3 N–H and O–H groups in total. The number of nitrogens with zero attached hydrogens (tertiary/aromatic N) is 2. The number of anilines is 1. The van der Waals surface area contributed by atoms with Crippen LogP contribution in [-0.2, 0) is 16.0 Å². The van der Waals surface area contributed by atoms with Gasteiger partial charge in [-0.25, -0.2) is 0 Å². The molecule has 0 bridgehead atoms. The van der Waals surface area contributed by atoms with Gasteiger partial charge in [-0.1, -0.05) is 55.0 Å². The third kappa shape index (κ3) is 3.39. The first-order valence-electron chi connectivity index (χ1n) is 8.86. The molecule has 1 aliphatic rings. The molecule has 0 spiro atoms. The minimum absolute atomic E-state index is 0.00484. The van der Waals surface area contributed by atoms with Gasteiger partial charge in [0.1, 0.15) is 10.5 Å². The zero-order valence-electron chi connectivity index (χ0n) is 15.7. The Labute approximate surface area is 158 Å². The van der Waals surface area contributed by atoms with Gasteiger partial charge in [-0.05, 0) is 19.4 Å². The zero-order chi connectivity index (χ0) is 18.9. The van der Waals surface area contributed by atoms with Gasteiger partial charge in [-0.2, -0.15) is 0 Å². The van der Waals surface area contributed by atoms with Crippen molar-refractivity contribution in [2.75, 3.05) is 11.9 Å². The second kappa shape index (κ2) is 7.06. The predicted octanol–water partition coefficient (Wildman–Crippen LogP) is 2.91. The van der Waals surface area contributed by atoms with Crippen molar-refractivity contribution in [1.82, 2.24) is 10.2 Å². The number of nitrogens with one attached hydrogen (secondary N) is 1. The third-order valence-electron chi connectivity index (χ3n) is 5.40. The van der Waals surface area contributed by atoms with Crippen molar-refractivity contribution in [1.29, 1.82) is 0 Å². The number of benzene rings is 1. The van der Waals surface area contributed by atoms with E-state index in [0.29, 0.717) is 24.6 Å². The van der Waals surface area contributed by atoms with Crippen molar-refractivity contribution in [2.24, 2.45) is 11.1 Å². The Kier molecular flexibility index (Phi) is 5.14. The van der Waals surface area contributed by atoms with Crippen LogP contribution in [0.3, 0.4) is 0 Å². The molecule has 1 saturated carbocycles. The SMILES string of the molecule is CCOC1CC(N)(C(=O)Nc2nnc(Cc3ccc(C)cc3)s2)C1(C)C. The molecule has 1 aromatic heterocycles. The second-order valence-electron chi connectivity index (χ2n) is 7.46. The van der Waals surface area contributed by atoms with Crippen LogP contribution >= 0.6 is 11.3 Å². The standard InChI is InChI=1S/C19H26N4O2S/c1-5-25-14-11-19(20,18(14,3)4)16(24)21-17-23-22-15(26-17)10-13-8-6-12(2)7-9-13/h6-9,14H,5,10-11,20H2,1-4H3,(H,21,23,24). The van der Waals surface area contributed by atoms with E-state index < -0.39 is 11.0 Å². The Balaban J connectivity index is 1.64. The Morgan fingerprint density at radius 1 is 1.35 bits per heavy atom. The van der Waals surface area contributed by atoms with Crippen molar-refractivity contribution in [3.63, 3.8) is 0 Å². The van der Waals surface area contributed by atoms with Gasteiger partial charge in [0.25, 0.3) is 0 Å². The molecule has 0 aliphatic heterocycles. The Bertz CT molecular complexity index is 787. The van der Waals surface area contributed by atoms with Crippen molar-refractivity contribution in [2.45, 2.75) is 52.2 Å². The summed E-state index contributed by atoms with van der Waals surface area (Å²) in [5.74, 6) is -0.225. The van der Waals surface area contributed by atoms with E-state index in [1.165, 1.54) is 22.5 Å². The maximum Gasteiger partial charge on any atom is 0.247 e. The number of rotatable bonds is 6. The molecule has 1 aromatic carbocycles. The summed E-state index contributed by atoms with van der Waals surface area (Å²) in [6, 6.07) is 8.30. The van der Waals surface area contributed by atoms with E-state index in [9.17, 15) is 4.79 Å². The highest BCUT2D eigenvalue weighted by molar-refractivity contribution is 7.15. The quantitative estimate of drug-likeness (QED) is 0.811. The molecule has 0 saturated heterocycles. The summed E-state index contributed by atoms with van der Waals surface area (Å²) >= 11 is 1.38.